The van der Waals surface area contributed by atoms with E-state index in [1.807, 2.05) is 6.07 Å². The van der Waals surface area contributed by atoms with E-state index in [1.54, 1.807) is 18.5 Å². The van der Waals surface area contributed by atoms with Gasteiger partial charge in [-0.3, -0.25) is 14.3 Å². The van der Waals surface area contributed by atoms with Crippen LogP contribution in [-0.2, 0) is 27.9 Å². The molecule has 1 saturated heterocycles. The summed E-state index contributed by atoms with van der Waals surface area (Å²) in [4.78, 5) is 28.5. The van der Waals surface area contributed by atoms with Crippen molar-refractivity contribution in [2.75, 3.05) is 13.1 Å². The molecule has 1 amide bonds. The molecule has 4 rings (SSSR count). The van der Waals surface area contributed by atoms with Crippen LogP contribution in [-0.4, -0.2) is 41.3 Å². The second-order valence-electron chi connectivity index (χ2n) is 6.83. The summed E-state index contributed by atoms with van der Waals surface area (Å²) < 4.78 is 33.2. The number of carbonyl (C=O) groups is 1. The van der Waals surface area contributed by atoms with Gasteiger partial charge in [0.1, 0.15) is 6.54 Å². The number of hydrogen-bond acceptors (Lipinski definition) is 6. The minimum atomic E-state index is -3.62. The molecule has 0 bridgehead atoms. The highest BCUT2D eigenvalue weighted by molar-refractivity contribution is 7.89. The summed E-state index contributed by atoms with van der Waals surface area (Å²) in [7, 11) is -3.62. The number of pyridine rings is 1. The first-order valence-corrected chi connectivity index (χ1v) is 10.7. The maximum Gasteiger partial charge on any atom is 0.420 e. The second kappa shape index (κ2) is 7.80. The molecule has 0 unspecified atom stereocenters. The molecule has 152 valence electrons. The van der Waals surface area contributed by atoms with Gasteiger partial charge in [-0.15, -0.1) is 0 Å². The lowest BCUT2D eigenvalue weighted by Gasteiger charge is -2.15. The van der Waals surface area contributed by atoms with Gasteiger partial charge >= 0.3 is 5.76 Å². The molecule has 0 aliphatic carbocycles. The highest BCUT2D eigenvalue weighted by Gasteiger charge is 2.28. The van der Waals surface area contributed by atoms with Crippen LogP contribution in [0.1, 0.15) is 18.4 Å². The lowest BCUT2D eigenvalue weighted by Crippen LogP contribution is -2.30. The van der Waals surface area contributed by atoms with Crippen LogP contribution < -0.4 is 11.1 Å². The first-order chi connectivity index (χ1) is 13.9. The van der Waals surface area contributed by atoms with E-state index >= 15 is 0 Å². The Kier molecular flexibility index (Phi) is 5.20. The molecule has 29 heavy (non-hydrogen) atoms. The zero-order valence-electron chi connectivity index (χ0n) is 15.6. The molecule has 2 aromatic heterocycles. The fourth-order valence-electron chi connectivity index (χ4n) is 3.34. The summed E-state index contributed by atoms with van der Waals surface area (Å²) in [6.07, 6.45) is 4.95. The molecule has 0 atom stereocenters. The Labute approximate surface area is 167 Å². The molecular weight excluding hydrogens is 396 g/mol. The van der Waals surface area contributed by atoms with Gasteiger partial charge in [0.15, 0.2) is 5.58 Å². The van der Waals surface area contributed by atoms with Crippen molar-refractivity contribution in [1.82, 2.24) is 19.2 Å². The van der Waals surface area contributed by atoms with E-state index in [1.165, 1.54) is 27.1 Å². The van der Waals surface area contributed by atoms with Gasteiger partial charge in [-0.25, -0.2) is 13.2 Å². The summed E-state index contributed by atoms with van der Waals surface area (Å²) in [6.45, 7) is 1.03. The Hall–Kier alpha value is -2.98. The zero-order valence-corrected chi connectivity index (χ0v) is 16.4. The number of fused-ring (bicyclic) bond motifs is 1. The van der Waals surface area contributed by atoms with E-state index in [9.17, 15) is 18.0 Å². The summed E-state index contributed by atoms with van der Waals surface area (Å²) >= 11 is 0. The molecule has 0 radical (unpaired) electrons. The number of sulfonamides is 1. The van der Waals surface area contributed by atoms with Gasteiger partial charge in [0.05, 0.1) is 10.4 Å². The molecule has 1 N–H and O–H groups in total. The quantitative estimate of drug-likeness (QED) is 0.643. The number of benzene rings is 1. The standard InChI is InChI=1S/C19H20N4O5S/c24-18(21-12-14-4-3-7-20-11-14)13-23-16-6-5-15(10-17(16)28-19(23)25)29(26,27)22-8-1-2-9-22/h3-7,10-11H,1-2,8-9,12-13H2,(H,21,24). The fraction of sp³-hybridized carbons (Fsp3) is 0.316. The summed E-state index contributed by atoms with van der Waals surface area (Å²) in [6, 6.07) is 7.87. The molecule has 1 aliphatic heterocycles. The summed E-state index contributed by atoms with van der Waals surface area (Å²) in [5, 5.41) is 2.72. The van der Waals surface area contributed by atoms with Crippen molar-refractivity contribution in [2.24, 2.45) is 0 Å². The average molecular weight is 416 g/mol. The van der Waals surface area contributed by atoms with E-state index in [-0.39, 0.29) is 29.5 Å². The van der Waals surface area contributed by atoms with Crippen LogP contribution in [0, 0.1) is 0 Å². The van der Waals surface area contributed by atoms with E-state index in [0.717, 1.165) is 18.4 Å². The normalized spacial score (nSPS) is 15.0. The third-order valence-electron chi connectivity index (χ3n) is 4.86. The SMILES string of the molecule is O=C(Cn1c(=O)oc2cc(S(=O)(=O)N3CCCC3)ccc21)NCc1cccnc1. The number of oxazole rings is 1. The predicted octanol–water partition coefficient (Wildman–Crippen LogP) is 1.09. The van der Waals surface area contributed by atoms with Crippen molar-refractivity contribution >= 4 is 27.0 Å². The minimum absolute atomic E-state index is 0.0776. The van der Waals surface area contributed by atoms with Crippen LogP contribution in [0.25, 0.3) is 11.1 Å². The van der Waals surface area contributed by atoms with Crippen molar-refractivity contribution < 1.29 is 17.6 Å². The van der Waals surface area contributed by atoms with E-state index in [4.69, 9.17) is 4.42 Å². The third-order valence-corrected chi connectivity index (χ3v) is 6.75. The van der Waals surface area contributed by atoms with Crippen molar-refractivity contribution in [2.45, 2.75) is 30.8 Å². The van der Waals surface area contributed by atoms with Crippen LogP contribution >= 0.6 is 0 Å². The molecule has 10 heteroatoms. The molecule has 1 aromatic carbocycles. The third kappa shape index (κ3) is 3.94. The largest absolute Gasteiger partial charge is 0.420 e. The van der Waals surface area contributed by atoms with Crippen LogP contribution in [0.15, 0.2) is 56.8 Å². The number of amides is 1. The minimum Gasteiger partial charge on any atom is -0.408 e. The molecule has 3 aromatic rings. The number of carbonyl (C=O) groups excluding carboxylic acids is 1. The van der Waals surface area contributed by atoms with Crippen molar-refractivity contribution in [1.29, 1.82) is 0 Å². The van der Waals surface area contributed by atoms with E-state index in [2.05, 4.69) is 10.3 Å². The summed E-state index contributed by atoms with van der Waals surface area (Å²) in [5.41, 5.74) is 1.34. The smallest absolute Gasteiger partial charge is 0.408 e. The monoisotopic (exact) mass is 416 g/mol. The van der Waals surface area contributed by atoms with Crippen LogP contribution in [0.3, 0.4) is 0 Å². The van der Waals surface area contributed by atoms with Gasteiger partial charge in [-0.1, -0.05) is 6.07 Å². The lowest BCUT2D eigenvalue weighted by molar-refractivity contribution is -0.121. The van der Waals surface area contributed by atoms with Gasteiger partial charge < -0.3 is 9.73 Å². The van der Waals surface area contributed by atoms with Gasteiger partial charge in [-0.05, 0) is 36.6 Å². The fourth-order valence-corrected chi connectivity index (χ4v) is 4.87. The van der Waals surface area contributed by atoms with Crippen molar-refractivity contribution in [3.8, 4) is 0 Å². The lowest BCUT2D eigenvalue weighted by atomic mass is 10.3. The van der Waals surface area contributed by atoms with Crippen LogP contribution in [0.5, 0.6) is 0 Å². The molecule has 0 saturated carbocycles. The Morgan fingerprint density at radius 2 is 2.00 bits per heavy atom. The van der Waals surface area contributed by atoms with Crippen molar-refractivity contribution in [3.63, 3.8) is 0 Å². The molecule has 0 spiro atoms. The van der Waals surface area contributed by atoms with Gasteiger partial charge in [0.2, 0.25) is 15.9 Å². The molecule has 1 aliphatic rings. The van der Waals surface area contributed by atoms with Crippen LogP contribution in [0.2, 0.25) is 0 Å². The topological polar surface area (TPSA) is 115 Å². The first-order valence-electron chi connectivity index (χ1n) is 9.24. The first kappa shape index (κ1) is 19.3. The Morgan fingerprint density at radius 3 is 2.72 bits per heavy atom. The van der Waals surface area contributed by atoms with Gasteiger partial charge in [-0.2, -0.15) is 4.31 Å². The zero-order chi connectivity index (χ0) is 20.4. The second-order valence-corrected chi connectivity index (χ2v) is 8.77. The Balaban J connectivity index is 1.54. The maximum absolute atomic E-state index is 12.7. The Morgan fingerprint density at radius 1 is 1.21 bits per heavy atom. The maximum atomic E-state index is 12.7. The van der Waals surface area contributed by atoms with Crippen LogP contribution in [0.4, 0.5) is 0 Å². The predicted molar refractivity (Wildman–Crippen MR) is 105 cm³/mol. The van der Waals surface area contributed by atoms with E-state index < -0.39 is 15.8 Å². The molecule has 1 fully saturated rings. The number of hydrogen-bond donors (Lipinski definition) is 1. The van der Waals surface area contributed by atoms with Crippen molar-refractivity contribution in [3.05, 3.63) is 58.8 Å². The Bertz CT molecular complexity index is 1190. The number of rotatable bonds is 6. The molecular formula is C19H20N4O5S. The average Bonchev–Trinajstić information content (AvgIpc) is 3.36. The molecule has 3 heterocycles. The molecule has 9 nitrogen and oxygen atoms in total. The van der Waals surface area contributed by atoms with Gasteiger partial charge in [0.25, 0.3) is 0 Å². The highest BCUT2D eigenvalue weighted by Crippen LogP contribution is 2.24. The number of nitrogens with one attached hydrogen (secondary N) is 1. The van der Waals surface area contributed by atoms with Gasteiger partial charge in [0, 0.05) is 38.1 Å². The highest BCUT2D eigenvalue weighted by atomic mass is 32.2. The van der Waals surface area contributed by atoms with E-state index in [0.29, 0.717) is 18.6 Å². The summed E-state index contributed by atoms with van der Waals surface area (Å²) in [5.74, 6) is -1.08. The number of aromatic nitrogens is 2. The number of nitrogens with zero attached hydrogens (tertiary/aromatic N) is 3.